The molecule has 8 nitrogen and oxygen atoms in total. The Balaban J connectivity index is 1.68. The molecule has 1 atom stereocenters. The van der Waals surface area contributed by atoms with E-state index < -0.39 is 43.4 Å². The molecule has 0 fully saturated rings. The molecule has 3 heterocycles. The molecule has 4 rings (SSSR count). The van der Waals surface area contributed by atoms with E-state index in [1.54, 1.807) is 0 Å². The summed E-state index contributed by atoms with van der Waals surface area (Å²) < 4.78 is 75.3. The first kappa shape index (κ1) is 21.9. The third kappa shape index (κ3) is 4.21. The Morgan fingerprint density at radius 2 is 1.97 bits per heavy atom. The number of benzene rings is 1. The third-order valence-electron chi connectivity index (χ3n) is 4.17. The van der Waals surface area contributed by atoms with Gasteiger partial charge in [-0.15, -0.1) is 0 Å². The fourth-order valence-electron chi connectivity index (χ4n) is 2.72. The second kappa shape index (κ2) is 7.67. The molecule has 3 aromatic heterocycles. The predicted molar refractivity (Wildman–Crippen MR) is 104 cm³/mol. The summed E-state index contributed by atoms with van der Waals surface area (Å²) in [6.07, 6.45) is 3.75. The number of pyridine rings is 1. The van der Waals surface area contributed by atoms with Crippen LogP contribution in [0.15, 0.2) is 56.5 Å². The maximum Gasteiger partial charge on any atom is 0.400 e. The zero-order chi connectivity index (χ0) is 23.3. The molecular weight excluding hydrogens is 478 g/mol. The minimum Gasteiger partial charge on any atom is -0.331 e. The number of nitrogens with zero attached hydrogens (tertiary/aromatic N) is 5. The summed E-state index contributed by atoms with van der Waals surface area (Å²) in [5.74, 6) is -4.25. The molecule has 0 N–H and O–H groups in total. The van der Waals surface area contributed by atoms with E-state index in [4.69, 9.17) is 11.6 Å². The molecule has 32 heavy (non-hydrogen) atoms. The summed E-state index contributed by atoms with van der Waals surface area (Å²) in [7, 11) is -3.54. The molecule has 0 saturated heterocycles. The van der Waals surface area contributed by atoms with Crippen LogP contribution in [-0.2, 0) is 15.1 Å². The average Bonchev–Trinajstić information content (AvgIpc) is 3.34. The first-order valence-corrected chi connectivity index (χ1v) is 10.9. The number of amides is 1. The van der Waals surface area contributed by atoms with Crippen LogP contribution < -0.4 is 0 Å². The lowest BCUT2D eigenvalue weighted by Crippen LogP contribution is -2.06. The van der Waals surface area contributed by atoms with Crippen LogP contribution in [0.25, 0.3) is 17.0 Å². The highest BCUT2D eigenvalue weighted by Gasteiger charge is 2.35. The summed E-state index contributed by atoms with van der Waals surface area (Å²) in [5, 5.41) is -0.407. The molecule has 0 aliphatic carbocycles. The van der Waals surface area contributed by atoms with Crippen molar-refractivity contribution in [3.63, 3.8) is 0 Å². The normalized spacial score (nSPS) is 13.8. The smallest absolute Gasteiger partial charge is 0.331 e. The number of rotatable bonds is 4. The number of carbonyl (C=O) groups excluding carboxylic acids is 1. The molecule has 0 bridgehead atoms. The number of alkyl halides is 3. The maximum atomic E-state index is 14.0. The van der Waals surface area contributed by atoms with E-state index in [0.29, 0.717) is 6.07 Å². The van der Waals surface area contributed by atoms with Crippen molar-refractivity contribution in [1.82, 2.24) is 19.5 Å². The highest BCUT2D eigenvalue weighted by molar-refractivity contribution is 7.93. The monoisotopic (exact) mass is 487 g/mol. The maximum absolute atomic E-state index is 14.0. The Hall–Kier alpha value is -3.32. The van der Waals surface area contributed by atoms with E-state index >= 15 is 0 Å². The van der Waals surface area contributed by atoms with Gasteiger partial charge in [0.05, 0.1) is 14.6 Å². The topological polar surface area (TPSA) is 103 Å². The zero-order valence-corrected chi connectivity index (χ0v) is 17.4. The summed E-state index contributed by atoms with van der Waals surface area (Å²) in [4.78, 5) is 19.6. The van der Waals surface area contributed by atoms with E-state index in [0.717, 1.165) is 18.4 Å². The van der Waals surface area contributed by atoms with Crippen molar-refractivity contribution in [3.8, 4) is 11.4 Å². The van der Waals surface area contributed by atoms with Crippen LogP contribution >= 0.6 is 11.6 Å². The average molecular weight is 488 g/mol. The molecule has 0 spiro atoms. The zero-order valence-electron chi connectivity index (χ0n) is 15.8. The second-order valence-corrected chi connectivity index (χ2v) is 9.20. The quantitative estimate of drug-likeness (QED) is 0.315. The van der Waals surface area contributed by atoms with Crippen molar-refractivity contribution < 1.29 is 31.1 Å². The molecule has 1 amide bonds. The van der Waals surface area contributed by atoms with Gasteiger partial charge in [-0.3, -0.25) is 4.79 Å². The number of imidazole rings is 1. The Labute approximate surface area is 182 Å². The molecule has 166 valence electrons. The number of hydrogen-bond acceptors (Lipinski definition) is 6. The van der Waals surface area contributed by atoms with Crippen LogP contribution in [0.2, 0.25) is 0 Å². The van der Waals surface area contributed by atoms with Crippen LogP contribution in [-0.4, -0.2) is 35.9 Å². The lowest BCUT2D eigenvalue weighted by Gasteiger charge is -2.04. The second-order valence-electron chi connectivity index (χ2n) is 6.50. The standard InChI is InChI=1S/C18H10ClF4N5O3S/c1-32(30,13-3-2-10(20)7-11(13)21)27-16(29)12-8-28-5-4-9(6-14(28)24-12)15-25-17(31-26-15)18(19,22)23/h2-8H,1H3. The van der Waals surface area contributed by atoms with Crippen molar-refractivity contribution in [2.75, 3.05) is 6.26 Å². The number of fused-ring (bicyclic) bond motifs is 1. The largest absolute Gasteiger partial charge is 0.400 e. The number of halogens is 5. The van der Waals surface area contributed by atoms with E-state index in [1.165, 1.54) is 28.9 Å². The van der Waals surface area contributed by atoms with Crippen molar-refractivity contribution in [3.05, 3.63) is 65.9 Å². The summed E-state index contributed by atoms with van der Waals surface area (Å²) >= 11 is 4.85. The Morgan fingerprint density at radius 1 is 1.22 bits per heavy atom. The van der Waals surface area contributed by atoms with Crippen molar-refractivity contribution in [1.29, 1.82) is 0 Å². The van der Waals surface area contributed by atoms with Gasteiger partial charge in [0.2, 0.25) is 5.82 Å². The number of hydrogen-bond donors (Lipinski definition) is 0. The fourth-order valence-corrected chi connectivity index (χ4v) is 4.04. The predicted octanol–water partition coefficient (Wildman–Crippen LogP) is 4.25. The van der Waals surface area contributed by atoms with Gasteiger partial charge in [0.25, 0.3) is 0 Å². The van der Waals surface area contributed by atoms with Gasteiger partial charge < -0.3 is 8.92 Å². The molecule has 1 aromatic carbocycles. The Bertz CT molecular complexity index is 1490. The van der Waals surface area contributed by atoms with Gasteiger partial charge in [-0.25, -0.2) is 18.0 Å². The Morgan fingerprint density at radius 3 is 2.62 bits per heavy atom. The van der Waals surface area contributed by atoms with E-state index in [-0.39, 0.29) is 22.7 Å². The number of carbonyl (C=O) groups is 1. The van der Waals surface area contributed by atoms with Crippen LogP contribution in [0, 0.1) is 11.6 Å². The molecule has 4 aromatic rings. The Kier molecular flexibility index (Phi) is 5.25. The van der Waals surface area contributed by atoms with Gasteiger partial charge >= 0.3 is 17.2 Å². The highest BCUT2D eigenvalue weighted by Crippen LogP contribution is 2.32. The van der Waals surface area contributed by atoms with Crippen LogP contribution in [0.5, 0.6) is 0 Å². The van der Waals surface area contributed by atoms with E-state index in [9.17, 15) is 26.6 Å². The van der Waals surface area contributed by atoms with Gasteiger partial charge in [-0.1, -0.05) is 5.16 Å². The molecular formula is C18H10ClF4N5O3S. The van der Waals surface area contributed by atoms with E-state index in [2.05, 4.69) is 24.0 Å². The lowest BCUT2D eigenvalue weighted by atomic mass is 10.2. The van der Waals surface area contributed by atoms with Gasteiger partial charge in [0.1, 0.15) is 23.0 Å². The van der Waals surface area contributed by atoms with Crippen LogP contribution in [0.1, 0.15) is 16.4 Å². The minimum atomic E-state index is -3.83. The van der Waals surface area contributed by atoms with Crippen molar-refractivity contribution in [2.45, 2.75) is 10.3 Å². The lowest BCUT2D eigenvalue weighted by molar-refractivity contribution is 0.0551. The van der Waals surface area contributed by atoms with Crippen molar-refractivity contribution >= 4 is 32.9 Å². The highest BCUT2D eigenvalue weighted by atomic mass is 35.5. The summed E-state index contributed by atoms with van der Waals surface area (Å²) in [6, 6.07) is 5.20. The summed E-state index contributed by atoms with van der Waals surface area (Å²) in [6.45, 7) is 0. The minimum absolute atomic E-state index is 0.181. The number of aromatic nitrogens is 4. The fraction of sp³-hybridized carbons (Fsp3) is 0.111. The first-order chi connectivity index (χ1) is 14.9. The van der Waals surface area contributed by atoms with Crippen LogP contribution in [0.4, 0.5) is 17.6 Å². The molecule has 1 unspecified atom stereocenters. The molecule has 0 aliphatic heterocycles. The molecule has 0 aliphatic rings. The third-order valence-corrected chi connectivity index (χ3v) is 5.99. The molecule has 0 saturated carbocycles. The summed E-state index contributed by atoms with van der Waals surface area (Å²) in [5.41, 5.74) is 0.198. The SMILES string of the molecule is CS(=O)(=NC(=O)c1cn2ccc(-c3noc(C(F)(F)Cl)n3)cc2n1)c1ccc(F)cc1F. The van der Waals surface area contributed by atoms with Gasteiger partial charge in [-0.2, -0.15) is 18.1 Å². The first-order valence-electron chi connectivity index (χ1n) is 8.56. The van der Waals surface area contributed by atoms with Crippen LogP contribution in [0.3, 0.4) is 0 Å². The molecule has 0 radical (unpaired) electrons. The van der Waals surface area contributed by atoms with E-state index in [1.807, 2.05) is 0 Å². The van der Waals surface area contributed by atoms with Gasteiger partial charge in [0.15, 0.2) is 0 Å². The van der Waals surface area contributed by atoms with Crippen molar-refractivity contribution in [2.24, 2.45) is 4.36 Å². The van der Waals surface area contributed by atoms with Gasteiger partial charge in [-0.05, 0) is 35.9 Å². The molecule has 14 heteroatoms. The van der Waals surface area contributed by atoms with Gasteiger partial charge in [0, 0.05) is 30.3 Å².